The largest absolute Gasteiger partial charge is 0.490 e. The van der Waals surface area contributed by atoms with Gasteiger partial charge in [-0.1, -0.05) is 23.7 Å². The highest BCUT2D eigenvalue weighted by molar-refractivity contribution is 7.90. The fourth-order valence-electron chi connectivity index (χ4n) is 7.41. The molecule has 0 saturated heterocycles. The average molecular weight is 716 g/mol. The second kappa shape index (κ2) is 14.1. The van der Waals surface area contributed by atoms with Gasteiger partial charge in [-0.2, -0.15) is 0 Å². The third-order valence-corrected chi connectivity index (χ3v) is 12.1. The summed E-state index contributed by atoms with van der Waals surface area (Å²) in [5, 5.41) is 0.697. The Morgan fingerprint density at radius 1 is 1.18 bits per heavy atom. The number of amides is 2. The van der Waals surface area contributed by atoms with Gasteiger partial charge in [0.2, 0.25) is 0 Å². The van der Waals surface area contributed by atoms with Gasteiger partial charge >= 0.3 is 6.09 Å². The third-order valence-electron chi connectivity index (χ3n) is 10.5. The van der Waals surface area contributed by atoms with Crippen molar-refractivity contribution in [2.24, 2.45) is 11.8 Å². The Kier molecular flexibility index (Phi) is 10.2. The maximum Gasteiger partial charge on any atom is 0.410 e. The zero-order chi connectivity index (χ0) is 35.0. The minimum Gasteiger partial charge on any atom is -0.490 e. The minimum absolute atomic E-state index is 0.00757. The number of sulfonamides is 1. The van der Waals surface area contributed by atoms with Crippen molar-refractivity contribution in [3.8, 4) is 5.75 Å². The molecule has 1 saturated carbocycles. The van der Waals surface area contributed by atoms with Crippen LogP contribution in [0.3, 0.4) is 0 Å². The molecule has 2 aromatic rings. The molecule has 13 heteroatoms. The first-order valence-electron chi connectivity index (χ1n) is 16.9. The highest BCUT2D eigenvalue weighted by Crippen LogP contribution is 2.47. The van der Waals surface area contributed by atoms with Crippen LogP contribution < -0.4 is 14.4 Å². The first kappa shape index (κ1) is 35.5. The Morgan fingerprint density at radius 2 is 2.00 bits per heavy atom. The number of anilines is 1. The number of nitrogens with zero attached hydrogens (tertiary/aromatic N) is 2. The standard InChI is InChI=1S/C36H46ClN3O8S/c1-35(2)33(41)38-49(43,44)27-11-14-32-30(20-27)40(22-36(23-46-32)15-5-7-24-19-26(37)10-13-29(24)36)21-25-9-12-28(25)31(8-6-17-47-35)48-34(42)39(3)16-18-45-4/h6,8,10-11,13-14,19-20,25,28,31H,5,7,9,12,15-18,21-23H2,1-4H3,(H,38,41)/b8-6+/t25-,28+,31-,36-/m0/s1. The quantitative estimate of drug-likeness (QED) is 0.431. The van der Waals surface area contributed by atoms with E-state index in [-0.39, 0.29) is 28.8 Å². The predicted molar refractivity (Wildman–Crippen MR) is 186 cm³/mol. The molecule has 266 valence electrons. The summed E-state index contributed by atoms with van der Waals surface area (Å²) >= 11 is 6.43. The molecule has 1 fully saturated rings. The zero-order valence-corrected chi connectivity index (χ0v) is 30.1. The summed E-state index contributed by atoms with van der Waals surface area (Å²) in [5.41, 5.74) is 1.22. The van der Waals surface area contributed by atoms with Gasteiger partial charge in [0.15, 0.2) is 0 Å². The lowest BCUT2D eigenvalue weighted by molar-refractivity contribution is -0.139. The van der Waals surface area contributed by atoms with Gasteiger partial charge < -0.3 is 28.7 Å². The van der Waals surface area contributed by atoms with Crippen LogP contribution in [-0.2, 0) is 40.9 Å². The summed E-state index contributed by atoms with van der Waals surface area (Å²) in [5.74, 6) is -0.0813. The van der Waals surface area contributed by atoms with Crippen molar-refractivity contribution >= 4 is 39.3 Å². The molecule has 2 aliphatic carbocycles. The van der Waals surface area contributed by atoms with Crippen LogP contribution in [-0.4, -0.2) is 90.6 Å². The monoisotopic (exact) mass is 715 g/mol. The first-order valence-corrected chi connectivity index (χ1v) is 18.8. The second-order valence-corrected chi connectivity index (χ2v) is 16.3. The molecule has 1 N–H and O–H groups in total. The van der Waals surface area contributed by atoms with E-state index in [0.717, 1.165) is 32.1 Å². The molecule has 2 heterocycles. The molecular weight excluding hydrogens is 670 g/mol. The number of fused-ring (bicyclic) bond motifs is 4. The molecule has 2 bridgehead atoms. The number of halogens is 1. The number of nitrogens with one attached hydrogen (secondary N) is 1. The molecule has 0 unspecified atom stereocenters. The van der Waals surface area contributed by atoms with Gasteiger partial charge in [-0.05, 0) is 99.4 Å². The topological polar surface area (TPSA) is 124 Å². The second-order valence-electron chi connectivity index (χ2n) is 14.2. The molecule has 2 aromatic carbocycles. The van der Waals surface area contributed by atoms with E-state index in [1.165, 1.54) is 35.9 Å². The Hall–Kier alpha value is -3.32. The Balaban J connectivity index is 1.40. The fraction of sp³-hybridized carbons (Fsp3) is 0.556. The fourth-order valence-corrected chi connectivity index (χ4v) is 8.73. The lowest BCUT2D eigenvalue weighted by Gasteiger charge is -2.46. The normalized spacial score (nSPS) is 28.1. The minimum atomic E-state index is -4.24. The lowest BCUT2D eigenvalue weighted by Crippen LogP contribution is -2.50. The summed E-state index contributed by atoms with van der Waals surface area (Å²) in [6.45, 7) is 5.41. The van der Waals surface area contributed by atoms with E-state index in [9.17, 15) is 18.0 Å². The smallest absolute Gasteiger partial charge is 0.410 e. The van der Waals surface area contributed by atoms with Crippen LogP contribution in [0, 0.1) is 11.8 Å². The first-order chi connectivity index (χ1) is 23.3. The van der Waals surface area contributed by atoms with Crippen LogP contribution in [0.5, 0.6) is 5.75 Å². The zero-order valence-electron chi connectivity index (χ0n) is 28.6. The van der Waals surface area contributed by atoms with Gasteiger partial charge in [-0.15, -0.1) is 0 Å². The van der Waals surface area contributed by atoms with Crippen LogP contribution in [0.15, 0.2) is 53.4 Å². The number of likely N-dealkylation sites (N-methyl/N-ethyl adjacent to an activating group) is 1. The molecule has 1 spiro atoms. The van der Waals surface area contributed by atoms with Gasteiger partial charge in [0.05, 0.1) is 30.4 Å². The number of rotatable bonds is 4. The molecule has 2 aliphatic heterocycles. The lowest BCUT2D eigenvalue weighted by atomic mass is 9.68. The van der Waals surface area contributed by atoms with Crippen LogP contribution in [0.2, 0.25) is 5.02 Å². The number of carbonyl (C=O) groups is 2. The molecule has 49 heavy (non-hydrogen) atoms. The van der Waals surface area contributed by atoms with Gasteiger partial charge in [0.25, 0.3) is 15.9 Å². The maximum absolute atomic E-state index is 13.6. The number of hydrogen-bond donors (Lipinski definition) is 1. The Morgan fingerprint density at radius 3 is 2.76 bits per heavy atom. The molecule has 4 aliphatic rings. The third kappa shape index (κ3) is 7.43. The molecule has 4 atom stereocenters. The highest BCUT2D eigenvalue weighted by atomic mass is 35.5. The van der Waals surface area contributed by atoms with Crippen molar-refractivity contribution in [2.75, 3.05) is 58.5 Å². The average Bonchev–Trinajstić information content (AvgIpc) is 3.19. The molecule has 2 amide bonds. The number of aryl methyl sites for hydroxylation is 1. The SMILES string of the molecule is COCCN(C)C(=O)O[C@H]1/C=C/COC(C)(C)C(=O)NS(=O)(=O)c2ccc3c(c2)N(C[C@@H]2CC[C@H]21)C[C@@]1(CCCc2cc(Cl)ccc21)CO3. The van der Waals surface area contributed by atoms with E-state index in [1.807, 2.05) is 18.2 Å². The summed E-state index contributed by atoms with van der Waals surface area (Å²) < 4.78 is 53.1. The summed E-state index contributed by atoms with van der Waals surface area (Å²) in [4.78, 5) is 30.1. The molecular formula is C36H46ClN3O8S. The summed E-state index contributed by atoms with van der Waals surface area (Å²) in [6, 6.07) is 10.8. The van der Waals surface area contributed by atoms with Crippen LogP contribution in [0.25, 0.3) is 0 Å². The van der Waals surface area contributed by atoms with Crippen molar-refractivity contribution < 1.29 is 37.0 Å². The molecule has 6 rings (SSSR count). The van der Waals surface area contributed by atoms with Crippen molar-refractivity contribution in [1.82, 2.24) is 9.62 Å². The number of carbonyl (C=O) groups excluding carboxylic acids is 2. The number of benzene rings is 2. The van der Waals surface area contributed by atoms with Crippen molar-refractivity contribution in [1.29, 1.82) is 0 Å². The molecule has 0 aromatic heterocycles. The summed E-state index contributed by atoms with van der Waals surface area (Å²) in [7, 11) is -0.981. The van der Waals surface area contributed by atoms with Crippen molar-refractivity contribution in [3.63, 3.8) is 0 Å². The van der Waals surface area contributed by atoms with Crippen molar-refractivity contribution in [2.45, 2.75) is 68.0 Å². The van der Waals surface area contributed by atoms with Gasteiger partial charge in [0.1, 0.15) is 17.5 Å². The Bertz CT molecular complexity index is 1720. The molecule has 11 nitrogen and oxygen atoms in total. The van der Waals surface area contributed by atoms with E-state index in [2.05, 4.69) is 15.7 Å². The summed E-state index contributed by atoms with van der Waals surface area (Å²) in [6.07, 6.45) is 7.13. The number of methoxy groups -OCH3 is 1. The molecule has 0 radical (unpaired) electrons. The van der Waals surface area contributed by atoms with Gasteiger partial charge in [-0.25, -0.2) is 17.9 Å². The van der Waals surface area contributed by atoms with Gasteiger partial charge in [0, 0.05) is 50.1 Å². The van der Waals surface area contributed by atoms with Crippen molar-refractivity contribution in [3.05, 3.63) is 64.7 Å². The maximum atomic E-state index is 13.6. The van der Waals surface area contributed by atoms with E-state index in [1.54, 1.807) is 32.4 Å². The number of hydrogen-bond acceptors (Lipinski definition) is 9. The van der Waals surface area contributed by atoms with Crippen LogP contribution >= 0.6 is 11.6 Å². The van der Waals surface area contributed by atoms with Gasteiger partial charge in [-0.3, -0.25) is 4.79 Å². The van der Waals surface area contributed by atoms with E-state index >= 15 is 0 Å². The highest BCUT2D eigenvalue weighted by Gasteiger charge is 2.45. The number of ether oxygens (including phenoxy) is 4. The van der Waals surface area contributed by atoms with Crippen LogP contribution in [0.4, 0.5) is 10.5 Å². The van der Waals surface area contributed by atoms with E-state index in [0.29, 0.717) is 49.3 Å². The van der Waals surface area contributed by atoms with Crippen LogP contribution in [0.1, 0.15) is 50.7 Å². The predicted octanol–water partition coefficient (Wildman–Crippen LogP) is 5.09. The Labute approximate surface area is 293 Å². The van der Waals surface area contributed by atoms with E-state index < -0.39 is 33.7 Å². The van der Waals surface area contributed by atoms with E-state index in [4.69, 9.17) is 30.5 Å².